The lowest BCUT2D eigenvalue weighted by molar-refractivity contribution is 0.0467. The van der Waals surface area contributed by atoms with Crippen LogP contribution >= 0.6 is 0 Å². The van der Waals surface area contributed by atoms with Gasteiger partial charge in [-0.25, -0.2) is 18.6 Å². The van der Waals surface area contributed by atoms with Crippen LogP contribution in [-0.4, -0.2) is 23.3 Å². The minimum Gasteiger partial charge on any atom is -0.452 e. The highest BCUT2D eigenvalue weighted by Crippen LogP contribution is 2.22. The molecule has 0 saturated heterocycles. The molecule has 0 atom stereocenters. The molecule has 0 saturated carbocycles. The van der Waals surface area contributed by atoms with Crippen LogP contribution in [0, 0.1) is 18.6 Å². The van der Waals surface area contributed by atoms with Gasteiger partial charge in [-0.1, -0.05) is 18.2 Å². The van der Waals surface area contributed by atoms with Gasteiger partial charge in [-0.05, 0) is 37.3 Å². The van der Waals surface area contributed by atoms with E-state index in [0.717, 1.165) is 18.2 Å². The van der Waals surface area contributed by atoms with Gasteiger partial charge in [-0.2, -0.15) is 0 Å². The number of halogens is 2. The van der Waals surface area contributed by atoms with Gasteiger partial charge in [0.2, 0.25) is 5.89 Å². The Hall–Kier alpha value is -3.35. The molecule has 0 amide bonds. The van der Waals surface area contributed by atoms with Crippen molar-refractivity contribution in [2.24, 2.45) is 0 Å². The summed E-state index contributed by atoms with van der Waals surface area (Å²) < 4.78 is 36.4. The van der Waals surface area contributed by atoms with Crippen molar-refractivity contribution < 1.29 is 27.5 Å². The van der Waals surface area contributed by atoms with Crippen molar-refractivity contribution in [1.29, 1.82) is 0 Å². The number of hydrogen-bond acceptors (Lipinski definition) is 5. The van der Waals surface area contributed by atoms with Crippen molar-refractivity contribution in [3.05, 3.63) is 77.2 Å². The molecule has 1 aromatic heterocycles. The van der Waals surface area contributed by atoms with Crippen molar-refractivity contribution in [2.45, 2.75) is 6.92 Å². The Bertz CT molecular complexity index is 967. The molecule has 5 nitrogen and oxygen atoms in total. The van der Waals surface area contributed by atoms with Gasteiger partial charge in [-0.3, -0.25) is 4.79 Å². The number of ether oxygens (including phenoxy) is 1. The molecule has 0 bridgehead atoms. The summed E-state index contributed by atoms with van der Waals surface area (Å²) in [6.07, 6.45) is 0. The molecule has 0 aliphatic heterocycles. The summed E-state index contributed by atoms with van der Waals surface area (Å²) in [7, 11) is 0. The molecule has 0 N–H and O–H groups in total. The topological polar surface area (TPSA) is 69.4 Å². The van der Waals surface area contributed by atoms with Crippen LogP contribution in [-0.2, 0) is 4.74 Å². The molecular formula is C19H13F2NO4. The molecule has 1 heterocycles. The van der Waals surface area contributed by atoms with Crippen molar-refractivity contribution in [2.75, 3.05) is 6.61 Å². The molecule has 3 rings (SSSR count). The number of aryl methyl sites for hydroxylation is 1. The lowest BCUT2D eigenvalue weighted by atomic mass is 10.1. The first kappa shape index (κ1) is 17.5. The van der Waals surface area contributed by atoms with Crippen LogP contribution in [0.1, 0.15) is 26.6 Å². The Balaban J connectivity index is 1.69. The van der Waals surface area contributed by atoms with E-state index in [1.165, 1.54) is 0 Å². The van der Waals surface area contributed by atoms with E-state index in [2.05, 4.69) is 4.98 Å². The summed E-state index contributed by atoms with van der Waals surface area (Å²) in [5.41, 5.74) is 0.535. The van der Waals surface area contributed by atoms with Gasteiger partial charge in [0.25, 0.3) is 0 Å². The number of oxazole rings is 1. The Morgan fingerprint density at radius 2 is 1.81 bits per heavy atom. The van der Waals surface area contributed by atoms with Gasteiger partial charge in [0.1, 0.15) is 5.76 Å². The van der Waals surface area contributed by atoms with Crippen molar-refractivity contribution in [3.8, 4) is 11.5 Å². The monoisotopic (exact) mass is 357 g/mol. The normalized spacial score (nSPS) is 10.6. The molecule has 0 aliphatic carbocycles. The van der Waals surface area contributed by atoms with Gasteiger partial charge in [0, 0.05) is 11.1 Å². The zero-order valence-corrected chi connectivity index (χ0v) is 13.7. The molecule has 0 spiro atoms. The van der Waals surface area contributed by atoms with Crippen LogP contribution in [0.5, 0.6) is 0 Å². The number of benzene rings is 2. The second-order valence-corrected chi connectivity index (χ2v) is 5.42. The molecule has 2 aromatic carbocycles. The van der Waals surface area contributed by atoms with E-state index in [-0.39, 0.29) is 22.9 Å². The lowest BCUT2D eigenvalue weighted by Gasteiger charge is -2.03. The standard InChI is InChI=1S/C19H13F2NO4/c1-11-17(22-18(26-11)12-5-3-2-4-6-12)19(24)25-10-16(23)13-7-8-14(20)15(21)9-13/h2-9H,10H2,1H3. The first-order chi connectivity index (χ1) is 12.5. The van der Waals surface area contributed by atoms with Crippen molar-refractivity contribution >= 4 is 11.8 Å². The van der Waals surface area contributed by atoms with E-state index in [1.54, 1.807) is 31.2 Å². The number of carbonyl (C=O) groups is 2. The maximum absolute atomic E-state index is 13.2. The van der Waals surface area contributed by atoms with E-state index < -0.39 is 30.0 Å². The number of rotatable bonds is 5. The van der Waals surface area contributed by atoms with Crippen LogP contribution < -0.4 is 0 Å². The number of Topliss-reactive ketones (excluding diaryl/α,β-unsaturated/α-hetero) is 1. The number of esters is 1. The Labute approximate surface area is 147 Å². The van der Waals surface area contributed by atoms with E-state index in [4.69, 9.17) is 9.15 Å². The summed E-state index contributed by atoms with van der Waals surface area (Å²) in [4.78, 5) is 28.2. The fourth-order valence-corrected chi connectivity index (χ4v) is 2.24. The predicted molar refractivity (Wildman–Crippen MR) is 87.6 cm³/mol. The van der Waals surface area contributed by atoms with Gasteiger partial charge < -0.3 is 9.15 Å². The van der Waals surface area contributed by atoms with Crippen molar-refractivity contribution in [3.63, 3.8) is 0 Å². The number of nitrogens with zero attached hydrogens (tertiary/aromatic N) is 1. The fraction of sp³-hybridized carbons (Fsp3) is 0.105. The number of aromatic nitrogens is 1. The first-order valence-corrected chi connectivity index (χ1v) is 7.64. The maximum Gasteiger partial charge on any atom is 0.361 e. The summed E-state index contributed by atoms with van der Waals surface area (Å²) in [6.45, 7) is 0.921. The quantitative estimate of drug-likeness (QED) is 0.510. The number of carbonyl (C=O) groups excluding carboxylic acids is 2. The minimum absolute atomic E-state index is 0.0538. The molecule has 0 unspecified atom stereocenters. The van der Waals surface area contributed by atoms with Gasteiger partial charge in [0.05, 0.1) is 0 Å². The predicted octanol–water partition coefficient (Wildman–Crippen LogP) is 3.97. The molecular weight excluding hydrogens is 344 g/mol. The average Bonchev–Trinajstić information content (AvgIpc) is 3.04. The molecule has 132 valence electrons. The van der Waals surface area contributed by atoms with E-state index in [1.807, 2.05) is 6.07 Å². The highest BCUT2D eigenvalue weighted by Gasteiger charge is 2.21. The Morgan fingerprint density at radius 1 is 1.08 bits per heavy atom. The second-order valence-electron chi connectivity index (χ2n) is 5.42. The van der Waals surface area contributed by atoms with Crippen LogP contribution in [0.2, 0.25) is 0 Å². The SMILES string of the molecule is Cc1oc(-c2ccccc2)nc1C(=O)OCC(=O)c1ccc(F)c(F)c1. The third-order valence-corrected chi connectivity index (χ3v) is 3.59. The second kappa shape index (κ2) is 7.26. The molecule has 26 heavy (non-hydrogen) atoms. The highest BCUT2D eigenvalue weighted by molar-refractivity contribution is 5.99. The van der Waals surface area contributed by atoms with Crippen LogP contribution in [0.25, 0.3) is 11.5 Å². The Kier molecular flexibility index (Phi) is 4.88. The minimum atomic E-state index is -1.15. The number of ketones is 1. The van der Waals surface area contributed by atoms with Gasteiger partial charge in [-0.15, -0.1) is 0 Å². The molecule has 7 heteroatoms. The highest BCUT2D eigenvalue weighted by atomic mass is 19.2. The molecule has 0 fully saturated rings. The van der Waals surface area contributed by atoms with Crippen LogP contribution in [0.3, 0.4) is 0 Å². The number of hydrogen-bond donors (Lipinski definition) is 0. The average molecular weight is 357 g/mol. The zero-order valence-electron chi connectivity index (χ0n) is 13.7. The molecule has 0 radical (unpaired) electrons. The van der Waals surface area contributed by atoms with Gasteiger partial charge >= 0.3 is 5.97 Å². The van der Waals surface area contributed by atoms with Crippen LogP contribution in [0.15, 0.2) is 52.9 Å². The van der Waals surface area contributed by atoms with E-state index >= 15 is 0 Å². The largest absolute Gasteiger partial charge is 0.452 e. The summed E-state index contributed by atoms with van der Waals surface area (Å²) in [5.74, 6) is -3.23. The maximum atomic E-state index is 13.2. The van der Waals surface area contributed by atoms with Crippen LogP contribution in [0.4, 0.5) is 8.78 Å². The third kappa shape index (κ3) is 3.66. The summed E-state index contributed by atoms with van der Waals surface area (Å²) in [6, 6.07) is 11.7. The Morgan fingerprint density at radius 3 is 2.50 bits per heavy atom. The molecule has 0 aliphatic rings. The lowest BCUT2D eigenvalue weighted by Crippen LogP contribution is -2.15. The summed E-state index contributed by atoms with van der Waals surface area (Å²) in [5, 5.41) is 0. The smallest absolute Gasteiger partial charge is 0.361 e. The zero-order chi connectivity index (χ0) is 18.7. The van der Waals surface area contributed by atoms with E-state index in [9.17, 15) is 18.4 Å². The summed E-state index contributed by atoms with van der Waals surface area (Å²) >= 11 is 0. The molecule has 3 aromatic rings. The first-order valence-electron chi connectivity index (χ1n) is 7.64. The fourth-order valence-electron chi connectivity index (χ4n) is 2.24. The van der Waals surface area contributed by atoms with Crippen molar-refractivity contribution in [1.82, 2.24) is 4.98 Å². The van der Waals surface area contributed by atoms with E-state index in [0.29, 0.717) is 5.56 Å². The third-order valence-electron chi connectivity index (χ3n) is 3.59. The van der Waals surface area contributed by atoms with Gasteiger partial charge in [0.15, 0.2) is 29.7 Å².